The first kappa shape index (κ1) is 23.1. The van der Waals surface area contributed by atoms with Crippen molar-refractivity contribution in [1.29, 1.82) is 0 Å². The molecule has 2 aromatic rings. The summed E-state index contributed by atoms with van der Waals surface area (Å²) in [5, 5.41) is 6.27. The number of ether oxygens (including phenoxy) is 2. The van der Waals surface area contributed by atoms with Crippen molar-refractivity contribution in [1.82, 2.24) is 15.5 Å². The van der Waals surface area contributed by atoms with E-state index in [0.29, 0.717) is 37.1 Å². The maximum absolute atomic E-state index is 12.6. The lowest BCUT2D eigenvalue weighted by Gasteiger charge is -2.22. The number of nitrogens with zero attached hydrogens (tertiary/aromatic N) is 2. The van der Waals surface area contributed by atoms with Gasteiger partial charge >= 0.3 is 0 Å². The largest absolute Gasteiger partial charge is 0.493 e. The number of benzene rings is 2. The Labute approximate surface area is 179 Å². The van der Waals surface area contributed by atoms with Crippen LogP contribution in [-0.4, -0.2) is 56.7 Å². The fourth-order valence-electron chi connectivity index (χ4n) is 2.89. The SMILES string of the molecule is CCN(Cc1ccccc1)C(=O)CNC(=NC)NCC(C)Oc1ccccc1OC. The van der Waals surface area contributed by atoms with Gasteiger partial charge in [0.1, 0.15) is 6.10 Å². The molecule has 30 heavy (non-hydrogen) atoms. The quantitative estimate of drug-likeness (QED) is 0.464. The van der Waals surface area contributed by atoms with Crippen LogP contribution in [-0.2, 0) is 11.3 Å². The molecule has 0 heterocycles. The molecule has 1 amide bonds. The number of amides is 1. The molecule has 0 saturated heterocycles. The number of nitrogens with one attached hydrogen (secondary N) is 2. The molecule has 0 saturated carbocycles. The second kappa shape index (κ2) is 12.4. The summed E-state index contributed by atoms with van der Waals surface area (Å²) >= 11 is 0. The summed E-state index contributed by atoms with van der Waals surface area (Å²) in [6.07, 6.45) is -0.124. The van der Waals surface area contributed by atoms with Gasteiger partial charge in [-0.2, -0.15) is 0 Å². The number of aliphatic imine (C=N–C) groups is 1. The smallest absolute Gasteiger partial charge is 0.242 e. The second-order valence-corrected chi connectivity index (χ2v) is 6.78. The predicted molar refractivity (Wildman–Crippen MR) is 120 cm³/mol. The third-order valence-corrected chi connectivity index (χ3v) is 4.54. The standard InChI is InChI=1S/C23H32N4O3/c1-5-27(17-19-11-7-6-8-12-19)22(28)16-26-23(24-3)25-15-18(2)30-21-14-10-9-13-20(21)29-4/h6-14,18H,5,15-17H2,1-4H3,(H2,24,25,26). The minimum absolute atomic E-state index is 0.0163. The topological polar surface area (TPSA) is 75.2 Å². The zero-order valence-corrected chi connectivity index (χ0v) is 18.2. The molecular weight excluding hydrogens is 380 g/mol. The van der Waals surface area contributed by atoms with E-state index in [0.717, 1.165) is 5.56 Å². The highest BCUT2D eigenvalue weighted by atomic mass is 16.5. The molecule has 162 valence electrons. The normalized spacial score (nSPS) is 12.1. The lowest BCUT2D eigenvalue weighted by atomic mass is 10.2. The maximum Gasteiger partial charge on any atom is 0.242 e. The highest BCUT2D eigenvalue weighted by molar-refractivity contribution is 5.86. The lowest BCUT2D eigenvalue weighted by molar-refractivity contribution is -0.130. The van der Waals surface area contributed by atoms with Gasteiger partial charge in [0.25, 0.3) is 0 Å². The Kier molecular flexibility index (Phi) is 9.51. The molecule has 1 atom stereocenters. The van der Waals surface area contributed by atoms with Crippen molar-refractivity contribution < 1.29 is 14.3 Å². The number of carbonyl (C=O) groups excluding carboxylic acids is 1. The van der Waals surface area contributed by atoms with E-state index in [1.54, 1.807) is 14.2 Å². The van der Waals surface area contributed by atoms with E-state index in [9.17, 15) is 4.79 Å². The van der Waals surface area contributed by atoms with Gasteiger partial charge in [-0.3, -0.25) is 9.79 Å². The van der Waals surface area contributed by atoms with Crippen molar-refractivity contribution >= 4 is 11.9 Å². The molecule has 0 aliphatic heterocycles. The first-order valence-corrected chi connectivity index (χ1v) is 10.1. The van der Waals surface area contributed by atoms with Gasteiger partial charge in [0.15, 0.2) is 17.5 Å². The van der Waals surface area contributed by atoms with Crippen LogP contribution in [0.3, 0.4) is 0 Å². The van der Waals surface area contributed by atoms with Gasteiger partial charge in [0.2, 0.25) is 5.91 Å². The van der Waals surface area contributed by atoms with Crippen LogP contribution in [0.4, 0.5) is 0 Å². The number of hydrogen-bond donors (Lipinski definition) is 2. The fraction of sp³-hybridized carbons (Fsp3) is 0.391. The molecule has 0 aliphatic carbocycles. The van der Waals surface area contributed by atoms with Crippen molar-refractivity contribution in [3.05, 3.63) is 60.2 Å². The van der Waals surface area contributed by atoms with Gasteiger partial charge in [0.05, 0.1) is 20.2 Å². The Morgan fingerprint density at radius 3 is 2.37 bits per heavy atom. The highest BCUT2D eigenvalue weighted by Crippen LogP contribution is 2.26. The number of methoxy groups -OCH3 is 1. The summed E-state index contributed by atoms with van der Waals surface area (Å²) in [5.41, 5.74) is 1.11. The van der Waals surface area contributed by atoms with Gasteiger partial charge in [-0.05, 0) is 31.5 Å². The minimum Gasteiger partial charge on any atom is -0.493 e. The molecule has 2 N–H and O–H groups in total. The summed E-state index contributed by atoms with van der Waals surface area (Å²) in [5.74, 6) is 1.94. The molecular formula is C23H32N4O3. The van der Waals surface area contributed by atoms with Crippen LogP contribution in [0.5, 0.6) is 11.5 Å². The third-order valence-electron chi connectivity index (χ3n) is 4.54. The second-order valence-electron chi connectivity index (χ2n) is 6.78. The van der Waals surface area contributed by atoms with Crippen molar-refractivity contribution in [2.75, 3.05) is 33.8 Å². The molecule has 0 aliphatic rings. The zero-order chi connectivity index (χ0) is 21.8. The monoisotopic (exact) mass is 412 g/mol. The molecule has 1 unspecified atom stereocenters. The first-order valence-electron chi connectivity index (χ1n) is 10.1. The molecule has 0 spiro atoms. The van der Waals surface area contributed by atoms with Crippen LogP contribution in [0.15, 0.2) is 59.6 Å². The van der Waals surface area contributed by atoms with Gasteiger partial charge in [-0.15, -0.1) is 0 Å². The number of para-hydroxylation sites is 2. The van der Waals surface area contributed by atoms with Crippen LogP contribution in [0.25, 0.3) is 0 Å². The van der Waals surface area contributed by atoms with E-state index in [1.165, 1.54) is 0 Å². The Bertz CT molecular complexity index is 811. The van der Waals surface area contributed by atoms with Gasteiger partial charge in [-0.25, -0.2) is 0 Å². The van der Waals surface area contributed by atoms with E-state index >= 15 is 0 Å². The van der Waals surface area contributed by atoms with Crippen molar-refractivity contribution in [3.8, 4) is 11.5 Å². The summed E-state index contributed by atoms with van der Waals surface area (Å²) < 4.78 is 11.2. The lowest BCUT2D eigenvalue weighted by Crippen LogP contribution is -2.46. The Hall–Kier alpha value is -3.22. The van der Waals surface area contributed by atoms with E-state index in [1.807, 2.05) is 73.3 Å². The molecule has 0 bridgehead atoms. The number of likely N-dealkylation sites (N-methyl/N-ethyl adjacent to an activating group) is 1. The number of guanidine groups is 1. The van der Waals surface area contributed by atoms with Gasteiger partial charge < -0.3 is 25.0 Å². The Balaban J connectivity index is 1.80. The zero-order valence-electron chi connectivity index (χ0n) is 18.2. The summed E-state index contributed by atoms with van der Waals surface area (Å²) in [4.78, 5) is 18.6. The van der Waals surface area contributed by atoms with E-state index < -0.39 is 0 Å². The summed E-state index contributed by atoms with van der Waals surface area (Å²) in [6.45, 7) is 5.86. The van der Waals surface area contributed by atoms with E-state index in [-0.39, 0.29) is 18.6 Å². The van der Waals surface area contributed by atoms with Crippen LogP contribution in [0, 0.1) is 0 Å². The van der Waals surface area contributed by atoms with Crippen LogP contribution < -0.4 is 20.1 Å². The number of rotatable bonds is 10. The molecule has 7 nitrogen and oxygen atoms in total. The number of hydrogen-bond acceptors (Lipinski definition) is 4. The highest BCUT2D eigenvalue weighted by Gasteiger charge is 2.14. The molecule has 2 rings (SSSR count). The van der Waals surface area contributed by atoms with Crippen molar-refractivity contribution in [2.24, 2.45) is 4.99 Å². The average Bonchev–Trinajstić information content (AvgIpc) is 2.78. The van der Waals surface area contributed by atoms with Crippen LogP contribution in [0.2, 0.25) is 0 Å². The molecule has 0 fully saturated rings. The van der Waals surface area contributed by atoms with Crippen LogP contribution in [0.1, 0.15) is 19.4 Å². The van der Waals surface area contributed by atoms with E-state index in [4.69, 9.17) is 9.47 Å². The maximum atomic E-state index is 12.6. The molecule has 2 aromatic carbocycles. The van der Waals surface area contributed by atoms with E-state index in [2.05, 4.69) is 15.6 Å². The molecule has 0 radical (unpaired) electrons. The number of carbonyl (C=O) groups is 1. The van der Waals surface area contributed by atoms with Gasteiger partial charge in [0, 0.05) is 20.1 Å². The Morgan fingerprint density at radius 1 is 1.07 bits per heavy atom. The van der Waals surface area contributed by atoms with Crippen molar-refractivity contribution in [2.45, 2.75) is 26.5 Å². The fourth-order valence-corrected chi connectivity index (χ4v) is 2.89. The molecule has 0 aromatic heterocycles. The summed E-state index contributed by atoms with van der Waals surface area (Å²) in [6, 6.07) is 17.5. The van der Waals surface area contributed by atoms with Crippen LogP contribution >= 0.6 is 0 Å². The minimum atomic E-state index is -0.124. The predicted octanol–water partition coefficient (Wildman–Crippen LogP) is 2.68. The summed E-state index contributed by atoms with van der Waals surface area (Å²) in [7, 11) is 3.29. The molecule has 7 heteroatoms. The first-order chi connectivity index (χ1) is 14.6. The van der Waals surface area contributed by atoms with Gasteiger partial charge in [-0.1, -0.05) is 42.5 Å². The Morgan fingerprint density at radius 2 is 1.73 bits per heavy atom. The average molecular weight is 413 g/mol. The third kappa shape index (κ3) is 7.31. The van der Waals surface area contributed by atoms with Crippen molar-refractivity contribution in [3.63, 3.8) is 0 Å².